The van der Waals surface area contributed by atoms with Crippen LogP contribution < -0.4 is 5.32 Å². The summed E-state index contributed by atoms with van der Waals surface area (Å²) in [7, 11) is 0. The highest BCUT2D eigenvalue weighted by Crippen LogP contribution is 2.12. The lowest BCUT2D eigenvalue weighted by Gasteiger charge is -2.28. The highest BCUT2D eigenvalue weighted by atomic mass is 19.1. The molecular formula is C16H21FN4O3. The number of hydrogen-bond acceptors (Lipinski definition) is 5. The average Bonchev–Trinajstić information content (AvgIpc) is 2.94. The maximum Gasteiger partial charge on any atom is 0.270 e. The Morgan fingerprint density at radius 3 is 2.83 bits per heavy atom. The van der Waals surface area contributed by atoms with Crippen molar-refractivity contribution in [3.63, 3.8) is 0 Å². The van der Waals surface area contributed by atoms with E-state index in [2.05, 4.69) is 15.2 Å². The summed E-state index contributed by atoms with van der Waals surface area (Å²) in [5, 5.41) is 2.79. The number of pyridine rings is 1. The molecule has 24 heavy (non-hydrogen) atoms. The molecule has 3 heterocycles. The molecule has 2 fully saturated rings. The molecule has 2 saturated heterocycles. The molecule has 0 aromatic carbocycles. The fourth-order valence-electron chi connectivity index (χ4n) is 2.94. The lowest BCUT2D eigenvalue weighted by atomic mass is 10.2. The third kappa shape index (κ3) is 4.27. The highest BCUT2D eigenvalue weighted by molar-refractivity contribution is 5.93. The number of aromatic nitrogens is 1. The van der Waals surface area contributed by atoms with Gasteiger partial charge in [-0.2, -0.15) is 0 Å². The zero-order chi connectivity index (χ0) is 16.9. The molecule has 130 valence electrons. The third-order valence-electron chi connectivity index (χ3n) is 4.30. The molecule has 1 aromatic rings. The number of nitrogens with one attached hydrogen (secondary N) is 1. The standard InChI is InChI=1S/C16H21FN4O3/c17-12-1-2-14(18-10-12)16(23)19-13-9-15(22)21(11-13)4-3-20-5-7-24-8-6-20/h1-2,10,13H,3-9,11H2,(H,19,23). The summed E-state index contributed by atoms with van der Waals surface area (Å²) < 4.78 is 18.1. The van der Waals surface area contributed by atoms with Crippen LogP contribution in [0.3, 0.4) is 0 Å². The quantitative estimate of drug-likeness (QED) is 0.812. The number of nitrogens with zero attached hydrogens (tertiary/aromatic N) is 3. The number of hydrogen-bond donors (Lipinski definition) is 1. The molecule has 0 aliphatic carbocycles. The fourth-order valence-corrected chi connectivity index (χ4v) is 2.94. The molecule has 1 N–H and O–H groups in total. The van der Waals surface area contributed by atoms with E-state index >= 15 is 0 Å². The minimum absolute atomic E-state index is 0.0422. The minimum Gasteiger partial charge on any atom is -0.379 e. The van der Waals surface area contributed by atoms with Crippen molar-refractivity contribution in [2.24, 2.45) is 0 Å². The number of amides is 2. The number of carbonyl (C=O) groups excluding carboxylic acids is 2. The van der Waals surface area contributed by atoms with Crippen molar-refractivity contribution in [2.45, 2.75) is 12.5 Å². The number of rotatable bonds is 5. The SMILES string of the molecule is O=C(NC1CC(=O)N(CCN2CCOCC2)C1)c1ccc(F)cn1. The van der Waals surface area contributed by atoms with Crippen molar-refractivity contribution in [2.75, 3.05) is 45.9 Å². The second kappa shape index (κ2) is 7.67. The van der Waals surface area contributed by atoms with Gasteiger partial charge in [-0.25, -0.2) is 9.37 Å². The second-order valence-corrected chi connectivity index (χ2v) is 6.03. The molecule has 1 aromatic heterocycles. The summed E-state index contributed by atoms with van der Waals surface area (Å²) in [5.41, 5.74) is 0.149. The molecule has 2 aliphatic heterocycles. The van der Waals surface area contributed by atoms with Gasteiger partial charge in [0.25, 0.3) is 5.91 Å². The molecule has 0 bridgehead atoms. The van der Waals surface area contributed by atoms with Crippen LogP contribution >= 0.6 is 0 Å². The first-order valence-corrected chi connectivity index (χ1v) is 8.12. The maximum atomic E-state index is 12.8. The smallest absolute Gasteiger partial charge is 0.270 e. The Morgan fingerprint density at radius 1 is 1.33 bits per heavy atom. The molecule has 1 unspecified atom stereocenters. The Morgan fingerprint density at radius 2 is 2.12 bits per heavy atom. The molecule has 0 radical (unpaired) electrons. The molecule has 0 spiro atoms. The number of halogens is 1. The van der Waals surface area contributed by atoms with Crippen LogP contribution in [0.2, 0.25) is 0 Å². The molecule has 3 rings (SSSR count). The van der Waals surface area contributed by atoms with Crippen molar-refractivity contribution in [1.29, 1.82) is 0 Å². The zero-order valence-electron chi connectivity index (χ0n) is 13.4. The monoisotopic (exact) mass is 336 g/mol. The van der Waals surface area contributed by atoms with E-state index < -0.39 is 5.82 Å². The Hall–Kier alpha value is -2.06. The summed E-state index contributed by atoms with van der Waals surface area (Å²) in [5.74, 6) is -0.833. The largest absolute Gasteiger partial charge is 0.379 e. The average molecular weight is 336 g/mol. The molecule has 1 atom stereocenters. The third-order valence-corrected chi connectivity index (χ3v) is 4.30. The second-order valence-electron chi connectivity index (χ2n) is 6.03. The van der Waals surface area contributed by atoms with Gasteiger partial charge in [0, 0.05) is 39.1 Å². The van der Waals surface area contributed by atoms with Crippen LogP contribution in [-0.4, -0.2) is 78.6 Å². The first kappa shape index (κ1) is 16.8. The van der Waals surface area contributed by atoms with Crippen LogP contribution in [0.15, 0.2) is 18.3 Å². The van der Waals surface area contributed by atoms with E-state index in [0.717, 1.165) is 39.0 Å². The molecule has 0 saturated carbocycles. The van der Waals surface area contributed by atoms with E-state index in [1.54, 1.807) is 4.90 Å². The Balaban J connectivity index is 1.47. The minimum atomic E-state index is -0.489. The Labute approximate surface area is 139 Å². The number of ether oxygens (including phenoxy) is 1. The number of likely N-dealkylation sites (tertiary alicyclic amines) is 1. The predicted octanol–water partition coefficient (Wildman–Crippen LogP) is -0.116. The van der Waals surface area contributed by atoms with E-state index in [9.17, 15) is 14.0 Å². The van der Waals surface area contributed by atoms with E-state index in [0.29, 0.717) is 13.1 Å². The summed E-state index contributed by atoms with van der Waals surface area (Å²) in [6, 6.07) is 2.29. The summed E-state index contributed by atoms with van der Waals surface area (Å²) >= 11 is 0. The maximum absolute atomic E-state index is 12.8. The predicted molar refractivity (Wildman–Crippen MR) is 83.9 cm³/mol. The van der Waals surface area contributed by atoms with Gasteiger partial charge in [0.1, 0.15) is 11.5 Å². The Kier molecular flexibility index (Phi) is 5.37. The van der Waals surface area contributed by atoms with Gasteiger partial charge >= 0.3 is 0 Å². The van der Waals surface area contributed by atoms with Crippen LogP contribution in [0, 0.1) is 5.82 Å². The van der Waals surface area contributed by atoms with Crippen molar-refractivity contribution in [3.05, 3.63) is 29.8 Å². The van der Waals surface area contributed by atoms with Crippen LogP contribution in [0.1, 0.15) is 16.9 Å². The molecular weight excluding hydrogens is 315 g/mol. The van der Waals surface area contributed by atoms with E-state index in [4.69, 9.17) is 4.74 Å². The molecule has 2 aliphatic rings. The summed E-state index contributed by atoms with van der Waals surface area (Å²) in [6.45, 7) is 5.21. The number of carbonyl (C=O) groups is 2. The topological polar surface area (TPSA) is 74.8 Å². The van der Waals surface area contributed by atoms with E-state index in [-0.39, 0.29) is 30.0 Å². The molecule has 7 nitrogen and oxygen atoms in total. The van der Waals surface area contributed by atoms with Gasteiger partial charge in [-0.3, -0.25) is 14.5 Å². The Bertz CT molecular complexity index is 589. The van der Waals surface area contributed by atoms with Crippen LogP contribution in [0.25, 0.3) is 0 Å². The van der Waals surface area contributed by atoms with Gasteiger partial charge in [0.2, 0.25) is 5.91 Å². The van der Waals surface area contributed by atoms with Gasteiger partial charge in [0.15, 0.2) is 0 Å². The first-order valence-electron chi connectivity index (χ1n) is 8.12. The lowest BCUT2D eigenvalue weighted by molar-refractivity contribution is -0.128. The zero-order valence-corrected chi connectivity index (χ0v) is 13.4. The van der Waals surface area contributed by atoms with Gasteiger partial charge in [-0.05, 0) is 12.1 Å². The van der Waals surface area contributed by atoms with E-state index in [1.807, 2.05) is 0 Å². The van der Waals surface area contributed by atoms with Gasteiger partial charge < -0.3 is 15.0 Å². The number of morpholine rings is 1. The van der Waals surface area contributed by atoms with Crippen molar-refractivity contribution < 1.29 is 18.7 Å². The molecule has 2 amide bonds. The van der Waals surface area contributed by atoms with Crippen LogP contribution in [-0.2, 0) is 9.53 Å². The van der Waals surface area contributed by atoms with Crippen molar-refractivity contribution in [3.8, 4) is 0 Å². The van der Waals surface area contributed by atoms with E-state index in [1.165, 1.54) is 12.1 Å². The van der Waals surface area contributed by atoms with Crippen molar-refractivity contribution >= 4 is 11.8 Å². The molecule has 8 heteroatoms. The van der Waals surface area contributed by atoms with Gasteiger partial charge in [-0.15, -0.1) is 0 Å². The highest BCUT2D eigenvalue weighted by Gasteiger charge is 2.31. The summed E-state index contributed by atoms with van der Waals surface area (Å²) in [6.07, 6.45) is 1.29. The lowest BCUT2D eigenvalue weighted by Crippen LogP contribution is -2.43. The van der Waals surface area contributed by atoms with Crippen LogP contribution in [0.4, 0.5) is 4.39 Å². The fraction of sp³-hybridized carbons (Fsp3) is 0.562. The first-order chi connectivity index (χ1) is 11.6. The van der Waals surface area contributed by atoms with Gasteiger partial charge in [-0.1, -0.05) is 0 Å². The van der Waals surface area contributed by atoms with Crippen molar-refractivity contribution in [1.82, 2.24) is 20.1 Å². The van der Waals surface area contributed by atoms with Gasteiger partial charge in [0.05, 0.1) is 25.5 Å². The summed E-state index contributed by atoms with van der Waals surface area (Å²) in [4.78, 5) is 32.0. The van der Waals surface area contributed by atoms with Crippen LogP contribution in [0.5, 0.6) is 0 Å². The normalized spacial score (nSPS) is 22.0.